The van der Waals surface area contributed by atoms with Crippen LogP contribution in [0, 0.1) is 10.1 Å². The number of aryl methyl sites for hydroxylation is 1. The van der Waals surface area contributed by atoms with E-state index in [-0.39, 0.29) is 10.6 Å². The van der Waals surface area contributed by atoms with E-state index in [9.17, 15) is 10.1 Å². The molecule has 0 bridgehead atoms. The minimum absolute atomic E-state index is 0.0284. The lowest BCUT2D eigenvalue weighted by Crippen LogP contribution is -2.00. The van der Waals surface area contributed by atoms with Crippen molar-refractivity contribution in [1.29, 1.82) is 0 Å². The van der Waals surface area contributed by atoms with E-state index in [0.29, 0.717) is 12.4 Å². The Labute approximate surface area is 150 Å². The summed E-state index contributed by atoms with van der Waals surface area (Å²) in [5, 5.41) is 11.4. The van der Waals surface area contributed by atoms with Crippen molar-refractivity contribution in [2.75, 3.05) is 6.61 Å². The van der Waals surface area contributed by atoms with E-state index in [1.54, 1.807) is 12.1 Å². The molecular formula is C21H27NO3. The van der Waals surface area contributed by atoms with E-state index in [0.717, 1.165) is 30.4 Å². The van der Waals surface area contributed by atoms with Gasteiger partial charge >= 0.3 is 5.69 Å². The van der Waals surface area contributed by atoms with Gasteiger partial charge in [0.15, 0.2) is 5.75 Å². The van der Waals surface area contributed by atoms with Crippen LogP contribution in [-0.2, 0) is 6.42 Å². The second-order valence-corrected chi connectivity index (χ2v) is 6.30. The largest absolute Gasteiger partial charge is 0.487 e. The molecule has 0 aliphatic rings. The highest BCUT2D eigenvalue weighted by molar-refractivity contribution is 5.69. The Hall–Kier alpha value is -2.36. The summed E-state index contributed by atoms with van der Waals surface area (Å²) in [6.07, 6.45) is 6.63. The van der Waals surface area contributed by atoms with Gasteiger partial charge in [-0.05, 0) is 42.0 Å². The smallest absolute Gasteiger partial charge is 0.311 e. The average molecular weight is 341 g/mol. The average Bonchev–Trinajstić information content (AvgIpc) is 2.63. The maximum Gasteiger partial charge on any atom is 0.311 e. The molecule has 4 nitrogen and oxygen atoms in total. The van der Waals surface area contributed by atoms with E-state index in [2.05, 4.69) is 26.0 Å². The summed E-state index contributed by atoms with van der Waals surface area (Å²) in [7, 11) is 0. The Balaban J connectivity index is 2.15. The number of hydrogen-bond acceptors (Lipinski definition) is 3. The molecule has 0 spiro atoms. The fourth-order valence-corrected chi connectivity index (χ4v) is 2.73. The summed E-state index contributed by atoms with van der Waals surface area (Å²) in [6, 6.07) is 13.5. The summed E-state index contributed by atoms with van der Waals surface area (Å²) in [4.78, 5) is 11.0. The highest BCUT2D eigenvalue weighted by atomic mass is 16.6. The van der Waals surface area contributed by atoms with Crippen molar-refractivity contribution in [2.24, 2.45) is 0 Å². The molecule has 0 N–H and O–H groups in total. The van der Waals surface area contributed by atoms with Crippen LogP contribution in [0.3, 0.4) is 0 Å². The topological polar surface area (TPSA) is 52.4 Å². The quantitative estimate of drug-likeness (QED) is 0.295. The molecule has 0 heterocycles. The third-order valence-corrected chi connectivity index (χ3v) is 4.27. The predicted molar refractivity (Wildman–Crippen MR) is 102 cm³/mol. The van der Waals surface area contributed by atoms with Crippen LogP contribution in [0.5, 0.6) is 5.75 Å². The van der Waals surface area contributed by atoms with Crippen molar-refractivity contribution in [3.05, 3.63) is 58.1 Å². The van der Waals surface area contributed by atoms with Gasteiger partial charge in [-0.1, -0.05) is 63.4 Å². The Morgan fingerprint density at radius 1 is 0.920 bits per heavy atom. The molecule has 0 saturated heterocycles. The van der Waals surface area contributed by atoms with Gasteiger partial charge in [-0.15, -0.1) is 0 Å². The first kappa shape index (κ1) is 19.0. The first-order valence-electron chi connectivity index (χ1n) is 9.16. The minimum atomic E-state index is -0.371. The molecule has 2 aromatic carbocycles. The maximum absolute atomic E-state index is 11.4. The second kappa shape index (κ2) is 9.82. The van der Waals surface area contributed by atoms with Gasteiger partial charge in [-0.25, -0.2) is 0 Å². The van der Waals surface area contributed by atoms with Crippen LogP contribution in [-0.4, -0.2) is 11.5 Å². The second-order valence-electron chi connectivity index (χ2n) is 6.30. The first-order valence-corrected chi connectivity index (χ1v) is 9.16. The number of nitro groups is 1. The summed E-state index contributed by atoms with van der Waals surface area (Å²) >= 11 is 0. The zero-order valence-corrected chi connectivity index (χ0v) is 15.2. The summed E-state index contributed by atoms with van der Waals surface area (Å²) in [5.74, 6) is 0.346. The van der Waals surface area contributed by atoms with Crippen molar-refractivity contribution in [1.82, 2.24) is 0 Å². The van der Waals surface area contributed by atoms with Crippen molar-refractivity contribution in [2.45, 2.75) is 52.4 Å². The molecule has 0 fully saturated rings. The van der Waals surface area contributed by atoms with Crippen LogP contribution in [0.1, 0.15) is 51.5 Å². The van der Waals surface area contributed by atoms with Crippen LogP contribution < -0.4 is 4.74 Å². The first-order chi connectivity index (χ1) is 12.2. The van der Waals surface area contributed by atoms with Crippen molar-refractivity contribution in [3.63, 3.8) is 0 Å². The highest BCUT2D eigenvalue weighted by Gasteiger charge is 2.16. The number of unbranched alkanes of at least 4 members (excludes halogenated alkanes) is 3. The SMILES string of the molecule is CCCCCc1ccc(-c2ccc(OCCCC)c([N+](=O)[O-])c2)cc1. The summed E-state index contributed by atoms with van der Waals surface area (Å²) < 4.78 is 5.56. The van der Waals surface area contributed by atoms with E-state index in [1.807, 2.05) is 18.2 Å². The van der Waals surface area contributed by atoms with Gasteiger partial charge in [0.25, 0.3) is 0 Å². The van der Waals surface area contributed by atoms with E-state index in [1.165, 1.54) is 24.8 Å². The standard InChI is InChI=1S/C21H27NO3/c1-3-5-7-8-17-9-11-18(12-10-17)19-13-14-21(25-15-6-4-2)20(16-19)22(23)24/h9-14,16H,3-8,15H2,1-2H3. The van der Waals surface area contributed by atoms with Crippen LogP contribution >= 0.6 is 0 Å². The third kappa shape index (κ3) is 5.59. The summed E-state index contributed by atoms with van der Waals surface area (Å²) in [5.41, 5.74) is 3.17. The lowest BCUT2D eigenvalue weighted by atomic mass is 10.0. The molecule has 4 heteroatoms. The van der Waals surface area contributed by atoms with Gasteiger partial charge in [0.2, 0.25) is 0 Å². The van der Waals surface area contributed by atoms with E-state index >= 15 is 0 Å². The third-order valence-electron chi connectivity index (χ3n) is 4.27. The number of hydrogen-bond donors (Lipinski definition) is 0. The van der Waals surface area contributed by atoms with Crippen molar-refractivity contribution >= 4 is 5.69 Å². The van der Waals surface area contributed by atoms with Gasteiger partial charge in [-0.3, -0.25) is 10.1 Å². The molecular weight excluding hydrogens is 314 g/mol. The Morgan fingerprint density at radius 2 is 1.60 bits per heavy atom. The molecule has 134 valence electrons. The number of rotatable bonds is 10. The molecule has 25 heavy (non-hydrogen) atoms. The number of nitrogens with zero attached hydrogens (tertiary/aromatic N) is 1. The fourth-order valence-electron chi connectivity index (χ4n) is 2.73. The summed E-state index contributed by atoms with van der Waals surface area (Å²) in [6.45, 7) is 4.77. The van der Waals surface area contributed by atoms with Gasteiger partial charge in [-0.2, -0.15) is 0 Å². The highest BCUT2D eigenvalue weighted by Crippen LogP contribution is 2.32. The zero-order chi connectivity index (χ0) is 18.1. The van der Waals surface area contributed by atoms with Crippen LogP contribution in [0.25, 0.3) is 11.1 Å². The molecule has 0 saturated carbocycles. The van der Waals surface area contributed by atoms with Crippen molar-refractivity contribution in [3.8, 4) is 16.9 Å². The van der Waals surface area contributed by atoms with Crippen LogP contribution in [0.15, 0.2) is 42.5 Å². The minimum Gasteiger partial charge on any atom is -0.487 e. The normalized spacial score (nSPS) is 10.6. The van der Waals surface area contributed by atoms with E-state index in [4.69, 9.17) is 4.74 Å². The predicted octanol–water partition coefficient (Wildman–Crippen LogP) is 6.17. The number of nitro benzene ring substituents is 1. The van der Waals surface area contributed by atoms with Crippen molar-refractivity contribution < 1.29 is 9.66 Å². The van der Waals surface area contributed by atoms with Gasteiger partial charge < -0.3 is 4.74 Å². The monoisotopic (exact) mass is 341 g/mol. The van der Waals surface area contributed by atoms with Crippen LogP contribution in [0.4, 0.5) is 5.69 Å². The van der Waals surface area contributed by atoms with E-state index < -0.39 is 0 Å². The molecule has 0 unspecified atom stereocenters. The molecule has 0 aromatic heterocycles. The molecule has 0 aliphatic carbocycles. The Bertz CT molecular complexity index is 680. The zero-order valence-electron chi connectivity index (χ0n) is 15.2. The molecule has 2 rings (SSSR count). The number of ether oxygens (including phenoxy) is 1. The molecule has 0 radical (unpaired) electrons. The van der Waals surface area contributed by atoms with Gasteiger partial charge in [0.05, 0.1) is 11.5 Å². The lowest BCUT2D eigenvalue weighted by Gasteiger charge is -2.09. The fraction of sp³-hybridized carbons (Fsp3) is 0.429. The molecule has 2 aromatic rings. The molecule has 0 aliphatic heterocycles. The maximum atomic E-state index is 11.4. The lowest BCUT2D eigenvalue weighted by molar-refractivity contribution is -0.385. The Morgan fingerprint density at radius 3 is 2.24 bits per heavy atom. The molecule has 0 atom stereocenters. The Kier molecular flexibility index (Phi) is 7.45. The van der Waals surface area contributed by atoms with Crippen LogP contribution in [0.2, 0.25) is 0 Å². The van der Waals surface area contributed by atoms with Gasteiger partial charge in [0, 0.05) is 6.07 Å². The van der Waals surface area contributed by atoms with Gasteiger partial charge in [0.1, 0.15) is 0 Å². The number of benzene rings is 2. The molecule has 0 amide bonds.